The number of hydrogen-bond donors (Lipinski definition) is 1. The fourth-order valence-electron chi connectivity index (χ4n) is 3.60. The second kappa shape index (κ2) is 6.56. The quantitative estimate of drug-likeness (QED) is 0.471. The highest BCUT2D eigenvalue weighted by molar-refractivity contribution is 6.25. The molecule has 2 heterocycles. The van der Waals surface area contributed by atoms with E-state index < -0.39 is 0 Å². The van der Waals surface area contributed by atoms with Gasteiger partial charge in [0.1, 0.15) is 17.9 Å². The lowest BCUT2D eigenvalue weighted by Gasteiger charge is -2.15. The first-order chi connectivity index (χ1) is 14.2. The molecular formula is C22H16N4O3. The molecule has 0 atom stereocenters. The van der Waals surface area contributed by atoms with E-state index in [1.165, 1.54) is 0 Å². The van der Waals surface area contributed by atoms with Gasteiger partial charge in [0.25, 0.3) is 5.91 Å². The molecule has 1 amide bonds. The number of hydrogen-bond acceptors (Lipinski definition) is 6. The van der Waals surface area contributed by atoms with E-state index in [4.69, 9.17) is 9.47 Å². The first-order valence-corrected chi connectivity index (χ1v) is 8.98. The Kier molecular flexibility index (Phi) is 3.87. The van der Waals surface area contributed by atoms with Gasteiger partial charge < -0.3 is 14.8 Å². The first-order valence-electron chi connectivity index (χ1n) is 8.98. The highest BCUT2D eigenvalue weighted by Gasteiger charge is 2.18. The van der Waals surface area contributed by atoms with Crippen molar-refractivity contribution in [2.24, 2.45) is 0 Å². The van der Waals surface area contributed by atoms with Gasteiger partial charge in [-0.1, -0.05) is 0 Å². The summed E-state index contributed by atoms with van der Waals surface area (Å²) in [5.41, 5.74) is 2.16. The molecule has 3 aromatic carbocycles. The third-order valence-corrected chi connectivity index (χ3v) is 4.99. The van der Waals surface area contributed by atoms with Crippen molar-refractivity contribution in [1.29, 1.82) is 0 Å². The Hall–Kier alpha value is -4.00. The zero-order chi connectivity index (χ0) is 20.0. The molecular weight excluding hydrogens is 368 g/mol. The molecule has 29 heavy (non-hydrogen) atoms. The Labute approximate surface area is 165 Å². The standard InChI is InChI=1S/C22H16N4O3/c1-28-13-5-3-12(4-6-13)21(27)25-20-14-7-9-16-19-17(24-11-23-16)10-8-15(18(14)19)22(26-20)29-2/h3-11H,1-2H3,(H,25,26,27). The molecule has 5 rings (SSSR count). The summed E-state index contributed by atoms with van der Waals surface area (Å²) in [7, 11) is 3.14. The number of aromatic nitrogens is 3. The van der Waals surface area contributed by atoms with Crippen molar-refractivity contribution < 1.29 is 14.3 Å². The van der Waals surface area contributed by atoms with Crippen molar-refractivity contribution in [3.8, 4) is 11.6 Å². The van der Waals surface area contributed by atoms with Crippen LogP contribution < -0.4 is 14.8 Å². The van der Waals surface area contributed by atoms with Crippen LogP contribution in [0.4, 0.5) is 5.82 Å². The fourth-order valence-corrected chi connectivity index (χ4v) is 3.60. The van der Waals surface area contributed by atoms with Gasteiger partial charge in [-0.2, -0.15) is 4.98 Å². The molecule has 5 aromatic rings. The molecule has 0 aliphatic carbocycles. The van der Waals surface area contributed by atoms with E-state index in [9.17, 15) is 4.79 Å². The summed E-state index contributed by atoms with van der Waals surface area (Å²) in [6.07, 6.45) is 1.55. The van der Waals surface area contributed by atoms with Crippen LogP contribution in [0.3, 0.4) is 0 Å². The van der Waals surface area contributed by atoms with E-state index in [0.29, 0.717) is 23.0 Å². The molecule has 0 unspecified atom stereocenters. The van der Waals surface area contributed by atoms with Crippen molar-refractivity contribution in [3.05, 3.63) is 60.4 Å². The number of methoxy groups -OCH3 is 2. The third kappa shape index (κ3) is 2.67. The van der Waals surface area contributed by atoms with Crippen LogP contribution in [-0.2, 0) is 0 Å². The van der Waals surface area contributed by atoms with E-state index in [-0.39, 0.29) is 5.91 Å². The largest absolute Gasteiger partial charge is 0.497 e. The monoisotopic (exact) mass is 384 g/mol. The van der Waals surface area contributed by atoms with Crippen LogP contribution in [0.1, 0.15) is 10.4 Å². The smallest absolute Gasteiger partial charge is 0.256 e. The van der Waals surface area contributed by atoms with Gasteiger partial charge in [0, 0.05) is 27.1 Å². The zero-order valence-corrected chi connectivity index (χ0v) is 15.8. The lowest BCUT2D eigenvalue weighted by molar-refractivity contribution is 0.102. The first kappa shape index (κ1) is 17.1. The van der Waals surface area contributed by atoms with Gasteiger partial charge in [-0.05, 0) is 48.5 Å². The number of ether oxygens (including phenoxy) is 2. The number of nitrogens with zero attached hydrogens (tertiary/aromatic N) is 3. The summed E-state index contributed by atoms with van der Waals surface area (Å²) in [6, 6.07) is 14.6. The topological polar surface area (TPSA) is 86.2 Å². The maximum absolute atomic E-state index is 12.8. The summed E-state index contributed by atoms with van der Waals surface area (Å²) in [4.78, 5) is 26.1. The predicted molar refractivity (Wildman–Crippen MR) is 111 cm³/mol. The number of anilines is 1. The van der Waals surface area contributed by atoms with Gasteiger partial charge in [0.05, 0.1) is 25.3 Å². The summed E-state index contributed by atoms with van der Waals surface area (Å²) < 4.78 is 10.7. The van der Waals surface area contributed by atoms with Gasteiger partial charge in [0.15, 0.2) is 0 Å². The summed E-state index contributed by atoms with van der Waals surface area (Å²) >= 11 is 0. The average molecular weight is 384 g/mol. The minimum Gasteiger partial charge on any atom is -0.497 e. The van der Waals surface area contributed by atoms with E-state index in [2.05, 4.69) is 20.3 Å². The zero-order valence-electron chi connectivity index (χ0n) is 15.8. The summed E-state index contributed by atoms with van der Waals surface area (Å²) in [5, 5.41) is 6.39. The van der Waals surface area contributed by atoms with Crippen LogP contribution in [-0.4, -0.2) is 35.1 Å². The molecule has 142 valence electrons. The molecule has 7 nitrogen and oxygen atoms in total. The average Bonchev–Trinajstić information content (AvgIpc) is 2.78. The van der Waals surface area contributed by atoms with E-state index >= 15 is 0 Å². The predicted octanol–water partition coefficient (Wildman–Crippen LogP) is 4.04. The Morgan fingerprint density at radius 1 is 0.828 bits per heavy atom. The molecule has 0 saturated carbocycles. The Balaban J connectivity index is 1.69. The van der Waals surface area contributed by atoms with Crippen molar-refractivity contribution >= 4 is 44.3 Å². The Bertz CT molecular complexity index is 1350. The van der Waals surface area contributed by atoms with Crippen LogP contribution in [0.2, 0.25) is 0 Å². The molecule has 0 spiro atoms. The number of carbonyl (C=O) groups is 1. The lowest BCUT2D eigenvalue weighted by Crippen LogP contribution is -2.13. The number of amides is 1. The third-order valence-electron chi connectivity index (χ3n) is 4.99. The van der Waals surface area contributed by atoms with E-state index in [1.54, 1.807) is 44.8 Å². The van der Waals surface area contributed by atoms with Gasteiger partial charge in [-0.25, -0.2) is 9.97 Å². The maximum atomic E-state index is 12.8. The van der Waals surface area contributed by atoms with Crippen molar-refractivity contribution in [3.63, 3.8) is 0 Å². The number of nitrogens with one attached hydrogen (secondary N) is 1. The number of carbonyl (C=O) groups excluding carboxylic acids is 1. The fraction of sp³-hybridized carbons (Fsp3) is 0.0909. The van der Waals surface area contributed by atoms with Gasteiger partial charge >= 0.3 is 0 Å². The van der Waals surface area contributed by atoms with Crippen molar-refractivity contribution in [2.75, 3.05) is 19.5 Å². The minimum atomic E-state index is -0.270. The molecule has 0 bridgehead atoms. The molecule has 1 N–H and O–H groups in total. The highest BCUT2D eigenvalue weighted by atomic mass is 16.5. The van der Waals surface area contributed by atoms with Gasteiger partial charge in [0.2, 0.25) is 5.88 Å². The molecule has 7 heteroatoms. The molecule has 0 aliphatic rings. The number of pyridine rings is 1. The Morgan fingerprint density at radius 2 is 1.52 bits per heavy atom. The SMILES string of the molecule is COc1ccc(C(=O)Nc2nc(OC)c3ccc4ncnc5ccc2c3c54)cc1. The second-order valence-electron chi connectivity index (χ2n) is 6.54. The number of rotatable bonds is 4. The van der Waals surface area contributed by atoms with Crippen molar-refractivity contribution in [1.82, 2.24) is 15.0 Å². The molecule has 0 saturated heterocycles. The normalized spacial score (nSPS) is 11.2. The van der Waals surface area contributed by atoms with Crippen LogP contribution >= 0.6 is 0 Å². The van der Waals surface area contributed by atoms with Crippen LogP contribution in [0.5, 0.6) is 11.6 Å². The molecule has 2 aromatic heterocycles. The maximum Gasteiger partial charge on any atom is 0.256 e. The lowest BCUT2D eigenvalue weighted by atomic mass is 10.00. The molecule has 0 aliphatic heterocycles. The van der Waals surface area contributed by atoms with Crippen LogP contribution in [0.25, 0.3) is 32.6 Å². The van der Waals surface area contributed by atoms with Crippen LogP contribution in [0.15, 0.2) is 54.9 Å². The van der Waals surface area contributed by atoms with Crippen LogP contribution in [0, 0.1) is 0 Å². The summed E-state index contributed by atoms with van der Waals surface area (Å²) in [6.45, 7) is 0. The molecule has 0 radical (unpaired) electrons. The highest BCUT2D eigenvalue weighted by Crippen LogP contribution is 2.39. The van der Waals surface area contributed by atoms with Gasteiger partial charge in [-0.15, -0.1) is 0 Å². The Morgan fingerprint density at radius 3 is 2.17 bits per heavy atom. The van der Waals surface area contributed by atoms with Crippen molar-refractivity contribution in [2.45, 2.75) is 0 Å². The molecule has 0 fully saturated rings. The van der Waals surface area contributed by atoms with E-state index in [1.807, 2.05) is 24.3 Å². The number of benzene rings is 3. The second-order valence-corrected chi connectivity index (χ2v) is 6.54. The minimum absolute atomic E-state index is 0.270. The summed E-state index contributed by atoms with van der Waals surface area (Å²) in [5.74, 6) is 1.27. The van der Waals surface area contributed by atoms with E-state index in [0.717, 1.165) is 32.6 Å². The van der Waals surface area contributed by atoms with Gasteiger partial charge in [-0.3, -0.25) is 4.79 Å².